The minimum absolute atomic E-state index is 0.0308. The van der Waals surface area contributed by atoms with Gasteiger partial charge < -0.3 is 11.1 Å². The van der Waals surface area contributed by atoms with E-state index in [1.165, 1.54) is 0 Å². The lowest BCUT2D eigenvalue weighted by Crippen LogP contribution is -2.15. The molecule has 1 aromatic carbocycles. The molecule has 0 radical (unpaired) electrons. The summed E-state index contributed by atoms with van der Waals surface area (Å²) < 4.78 is 0.863. The van der Waals surface area contributed by atoms with E-state index in [0.717, 1.165) is 22.1 Å². The van der Waals surface area contributed by atoms with E-state index in [0.29, 0.717) is 18.0 Å². The first kappa shape index (κ1) is 14.0. The highest BCUT2D eigenvalue weighted by atomic mass is 79.9. The Balaban J connectivity index is 2.75. The number of amides is 1. The van der Waals surface area contributed by atoms with Crippen molar-refractivity contribution in [3.05, 3.63) is 22.2 Å². The summed E-state index contributed by atoms with van der Waals surface area (Å²) in [5, 5.41) is 2.88. The topological polar surface area (TPSA) is 55.1 Å². The van der Waals surface area contributed by atoms with Gasteiger partial charge in [-0.15, -0.1) is 0 Å². The zero-order valence-electron chi connectivity index (χ0n) is 10.5. The Morgan fingerprint density at radius 2 is 2.18 bits per heavy atom. The second-order valence-electron chi connectivity index (χ2n) is 4.45. The molecule has 1 unspecified atom stereocenters. The van der Waals surface area contributed by atoms with Crippen molar-refractivity contribution in [3.63, 3.8) is 0 Å². The number of carbonyl (C=O) groups is 1. The van der Waals surface area contributed by atoms with Crippen LogP contribution in [0.2, 0.25) is 0 Å². The zero-order valence-corrected chi connectivity index (χ0v) is 12.1. The van der Waals surface area contributed by atoms with E-state index < -0.39 is 0 Å². The molecule has 1 rings (SSSR count). The quantitative estimate of drug-likeness (QED) is 0.833. The maximum atomic E-state index is 11.8. The standard InChI is InChI=1S/C13H19BrN2O/c1-4-8(2)5-13(17)16-12-7-11(15)9(3)6-10(12)14/h6-8H,4-5,15H2,1-3H3,(H,16,17). The number of nitrogens with one attached hydrogen (secondary N) is 1. The molecule has 17 heavy (non-hydrogen) atoms. The minimum Gasteiger partial charge on any atom is -0.398 e. The Morgan fingerprint density at radius 3 is 2.76 bits per heavy atom. The maximum Gasteiger partial charge on any atom is 0.224 e. The number of carbonyl (C=O) groups excluding carboxylic acids is 1. The first-order chi connectivity index (χ1) is 7.93. The average Bonchev–Trinajstić information content (AvgIpc) is 2.25. The number of nitrogens with two attached hydrogens (primary N) is 1. The zero-order chi connectivity index (χ0) is 13.0. The normalized spacial score (nSPS) is 12.2. The van der Waals surface area contributed by atoms with Crippen molar-refractivity contribution in [3.8, 4) is 0 Å². The van der Waals surface area contributed by atoms with E-state index in [4.69, 9.17) is 5.73 Å². The molecule has 0 fully saturated rings. The van der Waals surface area contributed by atoms with Gasteiger partial charge in [0.2, 0.25) is 5.91 Å². The summed E-state index contributed by atoms with van der Waals surface area (Å²) in [6, 6.07) is 3.70. The molecule has 0 saturated carbocycles. The van der Waals surface area contributed by atoms with Gasteiger partial charge in [-0.05, 0) is 46.5 Å². The molecule has 0 aliphatic heterocycles. The van der Waals surface area contributed by atoms with Crippen LogP contribution in [0.4, 0.5) is 11.4 Å². The van der Waals surface area contributed by atoms with E-state index in [1.807, 2.05) is 13.0 Å². The SMILES string of the molecule is CCC(C)CC(=O)Nc1cc(N)c(C)cc1Br. The number of benzene rings is 1. The highest BCUT2D eigenvalue weighted by Crippen LogP contribution is 2.28. The van der Waals surface area contributed by atoms with E-state index in [-0.39, 0.29) is 5.91 Å². The molecule has 1 aromatic rings. The average molecular weight is 299 g/mol. The van der Waals surface area contributed by atoms with Gasteiger partial charge in [-0.3, -0.25) is 4.79 Å². The molecular formula is C13H19BrN2O. The molecular weight excluding hydrogens is 280 g/mol. The Bertz CT molecular complexity index is 418. The lowest BCUT2D eigenvalue weighted by molar-refractivity contribution is -0.117. The number of halogens is 1. The third-order valence-electron chi connectivity index (χ3n) is 2.86. The smallest absolute Gasteiger partial charge is 0.224 e. The highest BCUT2D eigenvalue weighted by Gasteiger charge is 2.10. The van der Waals surface area contributed by atoms with Crippen molar-refractivity contribution in [2.45, 2.75) is 33.6 Å². The predicted octanol–water partition coefficient (Wildman–Crippen LogP) is 3.71. The molecule has 0 spiro atoms. The molecule has 0 bridgehead atoms. The van der Waals surface area contributed by atoms with Crippen LogP contribution in [0.5, 0.6) is 0 Å². The maximum absolute atomic E-state index is 11.8. The summed E-state index contributed by atoms with van der Waals surface area (Å²) in [4.78, 5) is 11.8. The fourth-order valence-electron chi connectivity index (χ4n) is 1.45. The van der Waals surface area contributed by atoms with Crippen LogP contribution in [0, 0.1) is 12.8 Å². The molecule has 1 amide bonds. The van der Waals surface area contributed by atoms with Crippen molar-refractivity contribution < 1.29 is 4.79 Å². The summed E-state index contributed by atoms with van der Waals surface area (Å²) in [6.45, 7) is 6.08. The number of nitrogen functional groups attached to an aromatic ring is 1. The summed E-state index contributed by atoms with van der Waals surface area (Å²) in [5.41, 5.74) is 8.24. The number of hydrogen-bond acceptors (Lipinski definition) is 2. The third kappa shape index (κ3) is 4.04. The van der Waals surface area contributed by atoms with Gasteiger partial charge in [0.25, 0.3) is 0 Å². The molecule has 94 valence electrons. The minimum atomic E-state index is 0.0308. The third-order valence-corrected chi connectivity index (χ3v) is 3.52. The molecule has 3 N–H and O–H groups in total. The van der Waals surface area contributed by atoms with Crippen LogP contribution < -0.4 is 11.1 Å². The van der Waals surface area contributed by atoms with Crippen LogP contribution in [-0.4, -0.2) is 5.91 Å². The Hall–Kier alpha value is -1.03. The fourth-order valence-corrected chi connectivity index (χ4v) is 2.00. The van der Waals surface area contributed by atoms with Crippen LogP contribution in [0.25, 0.3) is 0 Å². The lowest BCUT2D eigenvalue weighted by atomic mass is 10.0. The summed E-state index contributed by atoms with van der Waals surface area (Å²) >= 11 is 3.42. The van der Waals surface area contributed by atoms with Gasteiger partial charge >= 0.3 is 0 Å². The molecule has 1 atom stereocenters. The van der Waals surface area contributed by atoms with E-state index in [9.17, 15) is 4.79 Å². The molecule has 4 heteroatoms. The van der Waals surface area contributed by atoms with E-state index >= 15 is 0 Å². The van der Waals surface area contributed by atoms with E-state index in [2.05, 4.69) is 35.1 Å². The van der Waals surface area contributed by atoms with Crippen molar-refractivity contribution in [2.24, 2.45) is 5.92 Å². The molecule has 0 aliphatic carbocycles. The van der Waals surface area contributed by atoms with Crippen molar-refractivity contribution >= 4 is 33.2 Å². The molecule has 0 aliphatic rings. The molecule has 0 heterocycles. The van der Waals surface area contributed by atoms with Crippen molar-refractivity contribution in [1.82, 2.24) is 0 Å². The Labute approximate surface area is 111 Å². The summed E-state index contributed by atoms with van der Waals surface area (Å²) in [7, 11) is 0. The first-order valence-electron chi connectivity index (χ1n) is 5.79. The van der Waals surface area contributed by atoms with Crippen molar-refractivity contribution in [2.75, 3.05) is 11.1 Å². The lowest BCUT2D eigenvalue weighted by Gasteiger charge is -2.12. The van der Waals surface area contributed by atoms with Crippen LogP contribution in [0.1, 0.15) is 32.3 Å². The number of aryl methyl sites for hydroxylation is 1. The summed E-state index contributed by atoms with van der Waals surface area (Å²) in [5.74, 6) is 0.430. The van der Waals surface area contributed by atoms with Crippen LogP contribution >= 0.6 is 15.9 Å². The van der Waals surface area contributed by atoms with Gasteiger partial charge in [-0.25, -0.2) is 0 Å². The van der Waals surface area contributed by atoms with Gasteiger partial charge in [0, 0.05) is 16.6 Å². The monoisotopic (exact) mass is 298 g/mol. The Morgan fingerprint density at radius 1 is 1.53 bits per heavy atom. The van der Waals surface area contributed by atoms with Crippen LogP contribution in [0.3, 0.4) is 0 Å². The summed E-state index contributed by atoms with van der Waals surface area (Å²) in [6.07, 6.45) is 1.54. The van der Waals surface area contributed by atoms with Crippen LogP contribution in [0.15, 0.2) is 16.6 Å². The predicted molar refractivity (Wildman–Crippen MR) is 76.0 cm³/mol. The fraction of sp³-hybridized carbons (Fsp3) is 0.462. The van der Waals surface area contributed by atoms with Crippen LogP contribution in [-0.2, 0) is 4.79 Å². The molecule has 0 saturated heterocycles. The molecule has 0 aromatic heterocycles. The Kier molecular flexibility index (Phi) is 5.00. The van der Waals surface area contributed by atoms with E-state index in [1.54, 1.807) is 6.07 Å². The highest BCUT2D eigenvalue weighted by molar-refractivity contribution is 9.10. The van der Waals surface area contributed by atoms with Gasteiger partial charge in [0.05, 0.1) is 5.69 Å². The van der Waals surface area contributed by atoms with Gasteiger partial charge in [-0.1, -0.05) is 20.3 Å². The number of rotatable bonds is 4. The van der Waals surface area contributed by atoms with Gasteiger partial charge in [0.1, 0.15) is 0 Å². The van der Waals surface area contributed by atoms with Crippen molar-refractivity contribution in [1.29, 1.82) is 0 Å². The second-order valence-corrected chi connectivity index (χ2v) is 5.31. The largest absolute Gasteiger partial charge is 0.398 e. The first-order valence-corrected chi connectivity index (χ1v) is 6.58. The molecule has 3 nitrogen and oxygen atoms in total. The van der Waals surface area contributed by atoms with Gasteiger partial charge in [-0.2, -0.15) is 0 Å². The number of anilines is 2. The van der Waals surface area contributed by atoms with Gasteiger partial charge in [0.15, 0.2) is 0 Å². The second kappa shape index (κ2) is 6.05. The number of hydrogen-bond donors (Lipinski definition) is 2.